The minimum absolute atomic E-state index is 0.107. The summed E-state index contributed by atoms with van der Waals surface area (Å²) in [5.41, 5.74) is 4.86. The van der Waals surface area contributed by atoms with Crippen LogP contribution in [0.5, 0.6) is 5.75 Å². The number of rotatable bonds is 8. The average molecular weight is 488 g/mol. The van der Waals surface area contributed by atoms with Crippen LogP contribution in [0, 0.1) is 18.8 Å². The quantitative estimate of drug-likeness (QED) is 0.492. The van der Waals surface area contributed by atoms with Crippen LogP contribution in [0.15, 0.2) is 53.1 Å². The number of nitrogens with one attached hydrogen (secondary N) is 1. The Hall–Kier alpha value is -3.61. The number of aromatic nitrogens is 1. The lowest BCUT2D eigenvalue weighted by Crippen LogP contribution is -2.41. The molecule has 1 aliphatic carbocycles. The summed E-state index contributed by atoms with van der Waals surface area (Å²) in [7, 11) is 0. The van der Waals surface area contributed by atoms with Crippen LogP contribution in [0.4, 0.5) is 0 Å². The van der Waals surface area contributed by atoms with Gasteiger partial charge in [0.2, 0.25) is 11.8 Å². The highest BCUT2D eigenvalue weighted by molar-refractivity contribution is 5.91. The topological polar surface area (TPSA) is 84.7 Å². The summed E-state index contributed by atoms with van der Waals surface area (Å²) < 4.78 is 11.5. The lowest BCUT2D eigenvalue weighted by molar-refractivity contribution is -0.134. The zero-order valence-corrected chi connectivity index (χ0v) is 21.1. The molecule has 188 valence electrons. The molecule has 2 heterocycles. The second-order valence-electron chi connectivity index (χ2n) is 10.3. The maximum absolute atomic E-state index is 13.2. The van der Waals surface area contributed by atoms with Gasteiger partial charge in [0.15, 0.2) is 12.3 Å². The van der Waals surface area contributed by atoms with E-state index in [4.69, 9.17) is 9.15 Å². The van der Waals surface area contributed by atoms with Gasteiger partial charge in [0.1, 0.15) is 12.0 Å². The van der Waals surface area contributed by atoms with Gasteiger partial charge in [0, 0.05) is 19.0 Å². The molecule has 7 heteroatoms. The number of amides is 2. The Morgan fingerprint density at radius 2 is 2.03 bits per heavy atom. The Kier molecular flexibility index (Phi) is 6.81. The number of ether oxygens (including phenoxy) is 1. The van der Waals surface area contributed by atoms with Crippen molar-refractivity contribution in [2.75, 3.05) is 13.1 Å². The molecule has 2 aliphatic rings. The van der Waals surface area contributed by atoms with E-state index in [1.54, 1.807) is 0 Å². The summed E-state index contributed by atoms with van der Waals surface area (Å²) in [6.45, 7) is 7.55. The first kappa shape index (κ1) is 24.1. The first-order valence-corrected chi connectivity index (χ1v) is 12.7. The predicted molar refractivity (Wildman–Crippen MR) is 136 cm³/mol. The van der Waals surface area contributed by atoms with E-state index in [0.29, 0.717) is 24.1 Å². The van der Waals surface area contributed by atoms with Gasteiger partial charge in [0.05, 0.1) is 6.04 Å². The summed E-state index contributed by atoms with van der Waals surface area (Å²) >= 11 is 0. The number of fused-ring (bicyclic) bond motifs is 1. The van der Waals surface area contributed by atoms with Gasteiger partial charge in [-0.25, -0.2) is 4.98 Å². The van der Waals surface area contributed by atoms with Crippen molar-refractivity contribution in [3.63, 3.8) is 0 Å². The van der Waals surface area contributed by atoms with Crippen molar-refractivity contribution < 1.29 is 18.7 Å². The molecule has 5 rings (SSSR count). The maximum Gasteiger partial charge on any atom is 0.273 e. The van der Waals surface area contributed by atoms with Crippen molar-refractivity contribution in [1.29, 1.82) is 0 Å². The van der Waals surface area contributed by atoms with E-state index in [2.05, 4.69) is 52.5 Å². The van der Waals surface area contributed by atoms with Crippen LogP contribution in [-0.4, -0.2) is 34.8 Å². The normalized spacial score (nSPS) is 17.1. The Morgan fingerprint density at radius 1 is 1.19 bits per heavy atom. The Labute approximate surface area is 211 Å². The first-order valence-electron chi connectivity index (χ1n) is 12.7. The highest BCUT2D eigenvalue weighted by Crippen LogP contribution is 2.41. The number of nitrogens with zero attached hydrogens (tertiary/aromatic N) is 2. The van der Waals surface area contributed by atoms with Gasteiger partial charge in [-0.05, 0) is 60.9 Å². The van der Waals surface area contributed by atoms with Gasteiger partial charge in [-0.15, -0.1) is 0 Å². The summed E-state index contributed by atoms with van der Waals surface area (Å²) in [5, 5.41) is 2.84. The highest BCUT2D eigenvalue weighted by atomic mass is 16.5. The number of oxazole rings is 1. The third-order valence-corrected chi connectivity index (χ3v) is 6.73. The van der Waals surface area contributed by atoms with Crippen LogP contribution in [0.25, 0.3) is 0 Å². The summed E-state index contributed by atoms with van der Waals surface area (Å²) in [5.74, 6) is 1.52. The molecule has 0 saturated heterocycles. The molecule has 2 amide bonds. The largest absolute Gasteiger partial charge is 0.484 e. The van der Waals surface area contributed by atoms with Crippen molar-refractivity contribution in [3.05, 3.63) is 82.6 Å². The highest BCUT2D eigenvalue weighted by Gasteiger charge is 2.39. The second kappa shape index (κ2) is 10.2. The van der Waals surface area contributed by atoms with E-state index >= 15 is 0 Å². The van der Waals surface area contributed by atoms with E-state index in [9.17, 15) is 9.59 Å². The van der Waals surface area contributed by atoms with Crippen molar-refractivity contribution in [2.24, 2.45) is 11.8 Å². The van der Waals surface area contributed by atoms with Gasteiger partial charge in [-0.1, -0.05) is 49.7 Å². The molecule has 1 aliphatic heterocycles. The molecule has 1 aromatic heterocycles. The minimum atomic E-state index is -0.256. The molecular weight excluding hydrogens is 454 g/mol. The van der Waals surface area contributed by atoms with Gasteiger partial charge in [-0.2, -0.15) is 0 Å². The Bertz CT molecular complexity index is 1260. The molecule has 1 fully saturated rings. The fourth-order valence-electron chi connectivity index (χ4n) is 4.70. The SMILES string of the molecule is Cc1cccc([C@@H]2c3cc(OCc4nc(C(=O)NCC(C)C)co4)ccc3CCN2C(=O)C2CC2)c1. The number of carbonyl (C=O) groups is 2. The third kappa shape index (κ3) is 5.30. The molecule has 7 nitrogen and oxygen atoms in total. The number of aryl methyl sites for hydroxylation is 1. The van der Waals surface area contributed by atoms with Crippen LogP contribution in [-0.2, 0) is 17.8 Å². The standard InChI is InChI=1S/C29H33N3O4/c1-18(2)15-30-28(33)25-16-36-26(31-25)17-35-23-10-9-20-11-12-32(29(34)21-7-8-21)27(24(20)14-23)22-6-4-5-19(3)13-22/h4-6,9-10,13-14,16,18,21,27H,7-8,11-12,15,17H2,1-3H3,(H,30,33)/t27-/m1/s1. The van der Waals surface area contributed by atoms with Crippen molar-refractivity contribution in [1.82, 2.24) is 15.2 Å². The second-order valence-corrected chi connectivity index (χ2v) is 10.3. The summed E-state index contributed by atoms with van der Waals surface area (Å²) in [6, 6.07) is 14.3. The van der Waals surface area contributed by atoms with Crippen LogP contribution in [0.2, 0.25) is 0 Å². The molecular formula is C29H33N3O4. The van der Waals surface area contributed by atoms with E-state index in [-0.39, 0.29) is 36.1 Å². The zero-order valence-electron chi connectivity index (χ0n) is 21.1. The van der Waals surface area contributed by atoms with Gasteiger partial charge < -0.3 is 19.4 Å². The summed E-state index contributed by atoms with van der Waals surface area (Å²) in [6.07, 6.45) is 4.15. The molecule has 0 spiro atoms. The van der Waals surface area contributed by atoms with Gasteiger partial charge >= 0.3 is 0 Å². The van der Waals surface area contributed by atoms with E-state index in [1.807, 2.05) is 26.0 Å². The number of hydrogen-bond donors (Lipinski definition) is 1. The molecule has 2 aromatic carbocycles. The van der Waals surface area contributed by atoms with Gasteiger partial charge in [0.25, 0.3) is 5.91 Å². The van der Waals surface area contributed by atoms with Crippen LogP contribution < -0.4 is 10.1 Å². The number of hydrogen-bond acceptors (Lipinski definition) is 5. The predicted octanol–water partition coefficient (Wildman–Crippen LogP) is 4.83. The lowest BCUT2D eigenvalue weighted by atomic mass is 9.87. The Morgan fingerprint density at radius 3 is 2.78 bits per heavy atom. The van der Waals surface area contributed by atoms with Crippen molar-refractivity contribution in [3.8, 4) is 5.75 Å². The first-order chi connectivity index (χ1) is 17.4. The van der Waals surface area contributed by atoms with Crippen molar-refractivity contribution >= 4 is 11.8 Å². The molecule has 0 unspecified atom stereocenters. The van der Waals surface area contributed by atoms with Crippen LogP contribution in [0.1, 0.15) is 71.4 Å². The molecule has 36 heavy (non-hydrogen) atoms. The molecule has 1 saturated carbocycles. The minimum Gasteiger partial charge on any atom is -0.484 e. The Balaban J connectivity index is 1.35. The van der Waals surface area contributed by atoms with E-state index in [0.717, 1.165) is 36.9 Å². The smallest absolute Gasteiger partial charge is 0.273 e. The fourth-order valence-corrected chi connectivity index (χ4v) is 4.70. The maximum atomic E-state index is 13.2. The monoisotopic (exact) mass is 487 g/mol. The fraction of sp³-hybridized carbons (Fsp3) is 0.414. The molecule has 3 aromatic rings. The lowest BCUT2D eigenvalue weighted by Gasteiger charge is -2.38. The zero-order chi connectivity index (χ0) is 25.2. The van der Waals surface area contributed by atoms with Gasteiger partial charge in [-0.3, -0.25) is 9.59 Å². The van der Waals surface area contributed by atoms with E-state index in [1.165, 1.54) is 17.4 Å². The molecule has 1 atom stereocenters. The van der Waals surface area contributed by atoms with Crippen LogP contribution in [0.3, 0.4) is 0 Å². The van der Waals surface area contributed by atoms with Crippen LogP contribution >= 0.6 is 0 Å². The van der Waals surface area contributed by atoms with Crippen molar-refractivity contribution in [2.45, 2.75) is 52.7 Å². The third-order valence-electron chi connectivity index (χ3n) is 6.73. The number of carbonyl (C=O) groups excluding carboxylic acids is 2. The van der Waals surface area contributed by atoms with E-state index < -0.39 is 0 Å². The number of benzene rings is 2. The molecule has 0 radical (unpaired) electrons. The molecule has 0 bridgehead atoms. The molecule has 1 N–H and O–H groups in total. The average Bonchev–Trinajstić information content (AvgIpc) is 3.62. The summed E-state index contributed by atoms with van der Waals surface area (Å²) in [4.78, 5) is 31.8.